The maximum atomic E-state index is 6.05. The Morgan fingerprint density at radius 3 is 2.55 bits per heavy atom. The van der Waals surface area contributed by atoms with Crippen molar-refractivity contribution in [2.45, 2.75) is 25.5 Å². The number of ether oxygens (including phenoxy) is 2. The third kappa shape index (κ3) is 2.09. The molecule has 1 aliphatic heterocycles. The fourth-order valence-electron chi connectivity index (χ4n) is 2.70. The van der Waals surface area contributed by atoms with Crippen molar-refractivity contribution in [3.05, 3.63) is 54.1 Å². The maximum Gasteiger partial charge on any atom is 0.141 e. The predicted octanol–water partition coefficient (Wildman–Crippen LogP) is 4.02. The van der Waals surface area contributed by atoms with E-state index in [4.69, 9.17) is 9.47 Å². The van der Waals surface area contributed by atoms with Gasteiger partial charge in [-0.25, -0.2) is 0 Å². The molecule has 0 spiro atoms. The minimum Gasteiger partial charge on any atom is -0.495 e. The smallest absolute Gasteiger partial charge is 0.141 e. The highest BCUT2D eigenvalue weighted by Crippen LogP contribution is 2.45. The average molecular weight is 269 g/mol. The molecule has 0 bridgehead atoms. The first-order chi connectivity index (χ1) is 9.62. The Balaban J connectivity index is 1.97. The van der Waals surface area contributed by atoms with Crippen molar-refractivity contribution >= 4 is 5.69 Å². The zero-order valence-electron chi connectivity index (χ0n) is 12.0. The van der Waals surface area contributed by atoms with Gasteiger partial charge in [0, 0.05) is 5.56 Å². The lowest BCUT2D eigenvalue weighted by molar-refractivity contribution is 0.118. The van der Waals surface area contributed by atoms with E-state index < -0.39 is 0 Å². The lowest BCUT2D eigenvalue weighted by atomic mass is 9.94. The van der Waals surface area contributed by atoms with Crippen LogP contribution in [0, 0.1) is 0 Å². The first kappa shape index (κ1) is 12.9. The standard InChI is InChI=1S/C17H19NO2/c1-17(2)16(12-8-4-6-10-14(12)20-17)18-13-9-5-7-11-15(13)19-3/h4-11,16,18H,1-3H3. The van der Waals surface area contributed by atoms with Crippen LogP contribution in [0.4, 0.5) is 5.69 Å². The molecule has 0 aromatic heterocycles. The largest absolute Gasteiger partial charge is 0.495 e. The molecule has 0 amide bonds. The van der Waals surface area contributed by atoms with Gasteiger partial charge in [-0.2, -0.15) is 0 Å². The quantitative estimate of drug-likeness (QED) is 0.913. The van der Waals surface area contributed by atoms with Crippen LogP contribution in [0.5, 0.6) is 11.5 Å². The molecule has 1 unspecified atom stereocenters. The Kier molecular flexibility index (Phi) is 3.05. The topological polar surface area (TPSA) is 30.5 Å². The Morgan fingerprint density at radius 2 is 1.75 bits per heavy atom. The number of benzene rings is 2. The number of fused-ring (bicyclic) bond motifs is 1. The summed E-state index contributed by atoms with van der Waals surface area (Å²) in [4.78, 5) is 0. The van der Waals surface area contributed by atoms with Crippen LogP contribution < -0.4 is 14.8 Å². The summed E-state index contributed by atoms with van der Waals surface area (Å²) in [6.07, 6.45) is 0. The molecule has 2 aromatic rings. The predicted molar refractivity (Wildman–Crippen MR) is 80.5 cm³/mol. The van der Waals surface area contributed by atoms with Crippen LogP contribution in [0.25, 0.3) is 0 Å². The molecule has 0 aliphatic carbocycles. The molecule has 20 heavy (non-hydrogen) atoms. The second-order valence-electron chi connectivity index (χ2n) is 5.52. The third-order valence-corrected chi connectivity index (χ3v) is 3.71. The molecular weight excluding hydrogens is 250 g/mol. The van der Waals surface area contributed by atoms with Crippen molar-refractivity contribution in [2.75, 3.05) is 12.4 Å². The van der Waals surface area contributed by atoms with E-state index in [1.807, 2.05) is 42.5 Å². The molecule has 3 heteroatoms. The Labute approximate surface area is 119 Å². The van der Waals surface area contributed by atoms with Gasteiger partial charge in [0.1, 0.15) is 17.1 Å². The lowest BCUT2D eigenvalue weighted by Gasteiger charge is -2.28. The van der Waals surface area contributed by atoms with Gasteiger partial charge in [0.2, 0.25) is 0 Å². The average Bonchev–Trinajstić information content (AvgIpc) is 2.70. The Hall–Kier alpha value is -2.16. The third-order valence-electron chi connectivity index (χ3n) is 3.71. The number of hydrogen-bond acceptors (Lipinski definition) is 3. The van der Waals surface area contributed by atoms with Gasteiger partial charge in [-0.1, -0.05) is 30.3 Å². The number of anilines is 1. The fraction of sp³-hybridized carbons (Fsp3) is 0.294. The van der Waals surface area contributed by atoms with Crippen LogP contribution in [-0.2, 0) is 0 Å². The lowest BCUT2D eigenvalue weighted by Crippen LogP contribution is -2.34. The first-order valence-corrected chi connectivity index (χ1v) is 6.79. The van der Waals surface area contributed by atoms with Crippen molar-refractivity contribution in [2.24, 2.45) is 0 Å². The van der Waals surface area contributed by atoms with Gasteiger partial charge in [0.25, 0.3) is 0 Å². The highest BCUT2D eigenvalue weighted by Gasteiger charge is 2.41. The summed E-state index contributed by atoms with van der Waals surface area (Å²) in [5.41, 5.74) is 1.86. The molecule has 1 N–H and O–H groups in total. The van der Waals surface area contributed by atoms with Gasteiger partial charge in [-0.3, -0.25) is 0 Å². The zero-order valence-corrected chi connectivity index (χ0v) is 12.0. The summed E-state index contributed by atoms with van der Waals surface area (Å²) in [6.45, 7) is 4.19. The molecule has 1 heterocycles. The van der Waals surface area contributed by atoms with E-state index in [1.54, 1.807) is 7.11 Å². The summed E-state index contributed by atoms with van der Waals surface area (Å²) >= 11 is 0. The zero-order chi connectivity index (χ0) is 14.2. The molecule has 1 atom stereocenters. The first-order valence-electron chi connectivity index (χ1n) is 6.79. The second-order valence-corrected chi connectivity index (χ2v) is 5.52. The van der Waals surface area contributed by atoms with E-state index in [9.17, 15) is 0 Å². The van der Waals surface area contributed by atoms with Crippen LogP contribution in [0.2, 0.25) is 0 Å². The van der Waals surface area contributed by atoms with Crippen molar-refractivity contribution in [3.63, 3.8) is 0 Å². The minimum atomic E-state index is -0.301. The molecule has 104 valence electrons. The van der Waals surface area contributed by atoms with Crippen LogP contribution in [0.3, 0.4) is 0 Å². The number of rotatable bonds is 3. The van der Waals surface area contributed by atoms with E-state index in [1.165, 1.54) is 5.56 Å². The Bertz CT molecular complexity index is 622. The van der Waals surface area contributed by atoms with E-state index in [0.29, 0.717) is 0 Å². The normalized spacial score (nSPS) is 19.1. The van der Waals surface area contributed by atoms with Gasteiger partial charge in [0.05, 0.1) is 18.8 Å². The summed E-state index contributed by atoms with van der Waals surface area (Å²) in [5, 5.41) is 3.56. The molecule has 2 aromatic carbocycles. The van der Waals surface area contributed by atoms with Gasteiger partial charge in [-0.15, -0.1) is 0 Å². The summed E-state index contributed by atoms with van der Waals surface area (Å²) in [7, 11) is 1.69. The van der Waals surface area contributed by atoms with Crippen LogP contribution in [-0.4, -0.2) is 12.7 Å². The Morgan fingerprint density at radius 1 is 1.05 bits per heavy atom. The van der Waals surface area contributed by atoms with Gasteiger partial charge in [-0.05, 0) is 32.0 Å². The second kappa shape index (κ2) is 4.75. The molecule has 1 aliphatic rings. The number of methoxy groups -OCH3 is 1. The number of hydrogen-bond donors (Lipinski definition) is 1. The van der Waals surface area contributed by atoms with Crippen LogP contribution in [0.15, 0.2) is 48.5 Å². The highest BCUT2D eigenvalue weighted by atomic mass is 16.5. The summed E-state index contributed by atoms with van der Waals surface area (Å²) < 4.78 is 11.5. The van der Waals surface area contributed by atoms with E-state index in [2.05, 4.69) is 25.2 Å². The van der Waals surface area contributed by atoms with Crippen molar-refractivity contribution < 1.29 is 9.47 Å². The van der Waals surface area contributed by atoms with Crippen molar-refractivity contribution in [3.8, 4) is 11.5 Å². The summed E-state index contributed by atoms with van der Waals surface area (Å²) in [6, 6.07) is 16.2. The van der Waals surface area contributed by atoms with E-state index in [0.717, 1.165) is 17.2 Å². The number of nitrogens with one attached hydrogen (secondary N) is 1. The molecule has 0 saturated carbocycles. The molecule has 0 fully saturated rings. The molecular formula is C17H19NO2. The highest BCUT2D eigenvalue weighted by molar-refractivity contribution is 5.59. The van der Waals surface area contributed by atoms with Crippen molar-refractivity contribution in [1.82, 2.24) is 0 Å². The van der Waals surface area contributed by atoms with E-state index in [-0.39, 0.29) is 11.6 Å². The number of para-hydroxylation sites is 3. The minimum absolute atomic E-state index is 0.0926. The molecule has 0 saturated heterocycles. The van der Waals surface area contributed by atoms with Gasteiger partial charge < -0.3 is 14.8 Å². The van der Waals surface area contributed by atoms with Crippen LogP contribution >= 0.6 is 0 Å². The van der Waals surface area contributed by atoms with E-state index >= 15 is 0 Å². The van der Waals surface area contributed by atoms with Crippen molar-refractivity contribution in [1.29, 1.82) is 0 Å². The molecule has 3 rings (SSSR count). The SMILES string of the molecule is COc1ccccc1NC1c2ccccc2OC1(C)C. The van der Waals surface area contributed by atoms with Crippen LogP contribution in [0.1, 0.15) is 25.5 Å². The molecule has 0 radical (unpaired) electrons. The fourth-order valence-corrected chi connectivity index (χ4v) is 2.70. The monoisotopic (exact) mass is 269 g/mol. The molecule has 3 nitrogen and oxygen atoms in total. The van der Waals surface area contributed by atoms with Gasteiger partial charge >= 0.3 is 0 Å². The maximum absolute atomic E-state index is 6.05. The summed E-state index contributed by atoms with van der Waals surface area (Å²) in [5.74, 6) is 1.79. The van der Waals surface area contributed by atoms with Gasteiger partial charge in [0.15, 0.2) is 0 Å².